The van der Waals surface area contributed by atoms with Crippen molar-refractivity contribution < 1.29 is 0 Å². The Bertz CT molecular complexity index is 3110. The largest absolute Gasteiger partial charge is 0.140 e. The predicted molar refractivity (Wildman–Crippen MR) is 245 cm³/mol. The number of rotatable bonds is 4. The van der Waals surface area contributed by atoms with E-state index in [1.807, 2.05) is 11.3 Å². The first-order valence-corrected chi connectivity index (χ1v) is 20.8. The highest BCUT2D eigenvalue weighted by Gasteiger charge is 2.37. The second-order valence-corrected chi connectivity index (χ2v) is 17.5. The van der Waals surface area contributed by atoms with Gasteiger partial charge in [-0.25, -0.2) is 0 Å². The Morgan fingerprint density at radius 1 is 0.571 bits per heavy atom. The van der Waals surface area contributed by atoms with Gasteiger partial charge in [0.15, 0.2) is 0 Å². The molecule has 0 fully saturated rings. The van der Waals surface area contributed by atoms with Gasteiger partial charge in [0.25, 0.3) is 0 Å². The number of thiophene rings is 1. The lowest BCUT2D eigenvalue weighted by atomic mass is 9.81. The maximum Gasteiger partial charge on any atom is 0.0358 e. The third-order valence-electron chi connectivity index (χ3n) is 12.8. The normalized spacial score (nSPS) is 14.3. The molecule has 0 nitrogen and oxygen atoms in total. The van der Waals surface area contributed by atoms with Crippen LogP contribution in [0.2, 0.25) is 0 Å². The van der Waals surface area contributed by atoms with Gasteiger partial charge in [0.05, 0.1) is 0 Å². The van der Waals surface area contributed by atoms with Crippen molar-refractivity contribution in [1.82, 2.24) is 0 Å². The van der Waals surface area contributed by atoms with E-state index in [4.69, 9.17) is 0 Å². The highest BCUT2D eigenvalue weighted by atomic mass is 32.1. The monoisotopic (exact) mass is 734 g/mol. The molecule has 9 aromatic rings. The van der Waals surface area contributed by atoms with Crippen molar-refractivity contribution >= 4 is 65.9 Å². The van der Waals surface area contributed by atoms with Gasteiger partial charge in [0.1, 0.15) is 0 Å². The molecule has 1 heteroatoms. The van der Waals surface area contributed by atoms with E-state index in [9.17, 15) is 0 Å². The molecule has 1 aromatic heterocycles. The number of benzene rings is 8. The van der Waals surface area contributed by atoms with Crippen LogP contribution in [-0.4, -0.2) is 0 Å². The summed E-state index contributed by atoms with van der Waals surface area (Å²) < 4.78 is 1.37. The van der Waals surface area contributed by atoms with Crippen LogP contribution in [0.5, 0.6) is 0 Å². The summed E-state index contributed by atoms with van der Waals surface area (Å²) in [5, 5.41) is 9.24. The van der Waals surface area contributed by atoms with Gasteiger partial charge in [-0.1, -0.05) is 153 Å². The molecule has 8 aromatic carbocycles. The molecular formula is C55H42S. The Morgan fingerprint density at radius 2 is 1.23 bits per heavy atom. The van der Waals surface area contributed by atoms with E-state index in [0.717, 1.165) is 12.8 Å². The summed E-state index contributed by atoms with van der Waals surface area (Å²) in [5.41, 5.74) is 17.3. The van der Waals surface area contributed by atoms with Crippen molar-refractivity contribution in [2.24, 2.45) is 0 Å². The molecule has 0 atom stereocenters. The standard InChI is InChI=1S/C55H42S/c1-5-12-41-33(2)56-51-32-47-39(30-48(41)51)26-28-49-54(47)46-27-25-38(31-50(46)55(49,3)4)35-19-22-36(23-20-35)52-42-15-8-10-17-44(42)53(45-18-11-9-16-43(45)52)40-24-21-34-13-6-7-14-37(34)29-40/h5-6,8-13,15-32H,7,14H2,1-4H3/b12-5-. The molecule has 0 bridgehead atoms. The van der Waals surface area contributed by atoms with E-state index in [2.05, 4.69) is 185 Å². The van der Waals surface area contributed by atoms with E-state index >= 15 is 0 Å². The average molecular weight is 735 g/mol. The number of fused-ring (bicyclic) bond motifs is 9. The van der Waals surface area contributed by atoms with Crippen LogP contribution in [0.1, 0.15) is 59.9 Å². The summed E-state index contributed by atoms with van der Waals surface area (Å²) >= 11 is 1.91. The van der Waals surface area contributed by atoms with Crippen LogP contribution in [0.25, 0.3) is 99.1 Å². The smallest absolute Gasteiger partial charge is 0.0358 e. The molecule has 56 heavy (non-hydrogen) atoms. The van der Waals surface area contributed by atoms with Crippen LogP contribution in [0.3, 0.4) is 0 Å². The zero-order chi connectivity index (χ0) is 37.7. The Hall–Kier alpha value is -6.02. The van der Waals surface area contributed by atoms with Crippen molar-refractivity contribution in [3.05, 3.63) is 178 Å². The summed E-state index contributed by atoms with van der Waals surface area (Å²) in [6.45, 7) is 9.15. The fourth-order valence-corrected chi connectivity index (χ4v) is 11.1. The van der Waals surface area contributed by atoms with Crippen molar-refractivity contribution in [2.45, 2.75) is 46.0 Å². The Morgan fingerprint density at radius 3 is 1.95 bits per heavy atom. The summed E-state index contributed by atoms with van der Waals surface area (Å²) in [6.07, 6.45) is 11.2. The molecule has 0 amide bonds. The average Bonchev–Trinajstić information content (AvgIpc) is 3.66. The highest BCUT2D eigenvalue weighted by molar-refractivity contribution is 7.19. The molecule has 2 aliphatic rings. The number of hydrogen-bond acceptors (Lipinski definition) is 1. The van der Waals surface area contributed by atoms with Crippen LogP contribution >= 0.6 is 11.3 Å². The van der Waals surface area contributed by atoms with Crippen molar-refractivity contribution in [1.29, 1.82) is 0 Å². The lowest BCUT2D eigenvalue weighted by Crippen LogP contribution is -2.15. The van der Waals surface area contributed by atoms with Gasteiger partial charge < -0.3 is 0 Å². The van der Waals surface area contributed by atoms with E-state index in [0.29, 0.717) is 0 Å². The molecule has 0 N–H and O–H groups in total. The number of hydrogen-bond donors (Lipinski definition) is 0. The molecule has 2 aliphatic carbocycles. The first-order valence-electron chi connectivity index (χ1n) is 20.0. The van der Waals surface area contributed by atoms with Gasteiger partial charge in [-0.3, -0.25) is 0 Å². The van der Waals surface area contributed by atoms with Crippen LogP contribution in [0, 0.1) is 6.92 Å². The van der Waals surface area contributed by atoms with E-state index < -0.39 is 0 Å². The van der Waals surface area contributed by atoms with E-state index in [1.165, 1.54) is 120 Å². The molecule has 11 rings (SSSR count). The van der Waals surface area contributed by atoms with E-state index in [1.54, 1.807) is 0 Å². The van der Waals surface area contributed by atoms with Gasteiger partial charge in [0, 0.05) is 20.4 Å². The number of allylic oxidation sites excluding steroid dienone is 2. The van der Waals surface area contributed by atoms with Crippen molar-refractivity contribution in [3.63, 3.8) is 0 Å². The van der Waals surface area contributed by atoms with Gasteiger partial charge >= 0.3 is 0 Å². The minimum absolute atomic E-state index is 0.0976. The second-order valence-electron chi connectivity index (χ2n) is 16.3. The first kappa shape index (κ1) is 33.3. The van der Waals surface area contributed by atoms with Crippen molar-refractivity contribution in [3.8, 4) is 44.5 Å². The topological polar surface area (TPSA) is 0 Å². The molecule has 0 spiro atoms. The van der Waals surface area contributed by atoms with Crippen LogP contribution < -0.4 is 0 Å². The van der Waals surface area contributed by atoms with Gasteiger partial charge in [-0.2, -0.15) is 0 Å². The quantitative estimate of drug-likeness (QED) is 0.158. The fraction of sp³-hybridized carbons (Fsp3) is 0.127. The Balaban J connectivity index is 1.01. The summed E-state index contributed by atoms with van der Waals surface area (Å²) in [7, 11) is 0. The minimum Gasteiger partial charge on any atom is -0.140 e. The van der Waals surface area contributed by atoms with Gasteiger partial charge in [0.2, 0.25) is 0 Å². The third-order valence-corrected chi connectivity index (χ3v) is 13.9. The number of aryl methyl sites for hydroxylation is 2. The minimum atomic E-state index is -0.0976. The molecule has 0 radical (unpaired) electrons. The summed E-state index contributed by atoms with van der Waals surface area (Å²) in [5.74, 6) is 0. The highest BCUT2D eigenvalue weighted by Crippen LogP contribution is 2.53. The predicted octanol–water partition coefficient (Wildman–Crippen LogP) is 16.0. The molecule has 1 heterocycles. The zero-order valence-corrected chi connectivity index (χ0v) is 33.2. The van der Waals surface area contributed by atoms with Crippen LogP contribution in [0.4, 0.5) is 0 Å². The Kier molecular flexibility index (Phi) is 7.44. The lowest BCUT2D eigenvalue weighted by molar-refractivity contribution is 0.661. The molecule has 0 saturated carbocycles. The molecule has 0 unspecified atom stereocenters. The summed E-state index contributed by atoms with van der Waals surface area (Å²) in [6, 6.07) is 51.2. The van der Waals surface area contributed by atoms with Gasteiger partial charge in [-0.15, -0.1) is 11.3 Å². The van der Waals surface area contributed by atoms with Crippen molar-refractivity contribution in [2.75, 3.05) is 0 Å². The van der Waals surface area contributed by atoms with Crippen LogP contribution in [-0.2, 0) is 11.8 Å². The van der Waals surface area contributed by atoms with Crippen LogP contribution in [0.15, 0.2) is 146 Å². The van der Waals surface area contributed by atoms with Gasteiger partial charge in [-0.05, 0) is 150 Å². The van der Waals surface area contributed by atoms with E-state index in [-0.39, 0.29) is 5.41 Å². The zero-order valence-electron chi connectivity index (χ0n) is 32.3. The molecule has 0 saturated heterocycles. The fourth-order valence-electron chi connectivity index (χ4n) is 10.0. The lowest BCUT2D eigenvalue weighted by Gasteiger charge is -2.22. The molecule has 268 valence electrons. The molecular weight excluding hydrogens is 693 g/mol. The summed E-state index contributed by atoms with van der Waals surface area (Å²) in [4.78, 5) is 1.38. The second kappa shape index (κ2) is 12.5. The Labute approximate surface area is 333 Å². The molecule has 0 aliphatic heterocycles. The first-order chi connectivity index (χ1) is 27.4. The maximum atomic E-state index is 2.46. The third kappa shape index (κ3) is 4.90. The SMILES string of the molecule is C/C=C\c1c(C)sc2cc3c4c(ccc3cc12)C(C)(C)c1cc(-c2ccc(-c3c5ccccc5c(-c5ccc6c(c5)CCC=C6)c5ccccc35)cc2)ccc1-4. The maximum absolute atomic E-state index is 2.46.